The highest BCUT2D eigenvalue weighted by atomic mass is 16.1. The lowest BCUT2D eigenvalue weighted by molar-refractivity contribution is 0.0955. The Bertz CT molecular complexity index is 809. The van der Waals surface area contributed by atoms with Gasteiger partial charge in [-0.15, -0.1) is 0 Å². The molecule has 1 aromatic carbocycles. The Hall–Kier alpha value is -2.69. The smallest absolute Gasteiger partial charge is 0.252 e. The molecule has 3 aromatic rings. The third-order valence-corrected chi connectivity index (χ3v) is 3.59. The van der Waals surface area contributed by atoms with E-state index in [1.54, 1.807) is 6.20 Å². The van der Waals surface area contributed by atoms with E-state index >= 15 is 0 Å². The second kappa shape index (κ2) is 5.97. The van der Waals surface area contributed by atoms with Gasteiger partial charge >= 0.3 is 0 Å². The lowest BCUT2D eigenvalue weighted by Gasteiger charge is -2.09. The van der Waals surface area contributed by atoms with E-state index < -0.39 is 0 Å². The highest BCUT2D eigenvalue weighted by Crippen LogP contribution is 2.20. The third kappa shape index (κ3) is 2.98. The zero-order valence-electron chi connectivity index (χ0n) is 12.7. The van der Waals surface area contributed by atoms with Crippen molar-refractivity contribution in [1.29, 1.82) is 0 Å². The van der Waals surface area contributed by atoms with Crippen LogP contribution in [0, 0.1) is 13.8 Å². The Morgan fingerprint density at radius 3 is 2.91 bits per heavy atom. The van der Waals surface area contributed by atoms with Crippen molar-refractivity contribution in [3.8, 4) is 0 Å². The van der Waals surface area contributed by atoms with Crippen LogP contribution in [0.15, 0.2) is 36.7 Å². The summed E-state index contributed by atoms with van der Waals surface area (Å²) < 4.78 is 0. The fraction of sp³-hybridized carbons (Fsp3) is 0.235. The number of aromatic nitrogens is 3. The molecule has 0 saturated heterocycles. The molecule has 0 aliphatic carbocycles. The largest absolute Gasteiger partial charge is 0.352 e. The molecule has 0 fully saturated rings. The summed E-state index contributed by atoms with van der Waals surface area (Å²) in [6.45, 7) is 4.49. The SMILES string of the molecule is Cc1ccc2nc(C)cc(C(=O)NCCc3cn[nH]c3)c2c1. The van der Waals surface area contributed by atoms with Gasteiger partial charge in [-0.3, -0.25) is 14.9 Å². The van der Waals surface area contributed by atoms with Crippen LogP contribution in [0.5, 0.6) is 0 Å². The molecule has 112 valence electrons. The molecule has 2 N–H and O–H groups in total. The fourth-order valence-electron chi connectivity index (χ4n) is 2.49. The first-order valence-electron chi connectivity index (χ1n) is 7.27. The second-order valence-electron chi connectivity index (χ2n) is 5.44. The number of benzene rings is 1. The van der Waals surface area contributed by atoms with Gasteiger partial charge in [-0.2, -0.15) is 5.10 Å². The van der Waals surface area contributed by atoms with E-state index in [0.717, 1.165) is 34.1 Å². The number of H-pyrrole nitrogens is 1. The number of nitrogens with zero attached hydrogens (tertiary/aromatic N) is 2. The van der Waals surface area contributed by atoms with Gasteiger partial charge in [0.2, 0.25) is 0 Å². The molecule has 0 saturated carbocycles. The molecule has 3 rings (SSSR count). The standard InChI is InChI=1S/C17H18N4O/c1-11-3-4-16-14(7-11)15(8-12(2)21-16)17(22)18-6-5-13-9-19-20-10-13/h3-4,7-10H,5-6H2,1-2H3,(H,18,22)(H,19,20). The van der Waals surface area contributed by atoms with Crippen LogP contribution in [0.25, 0.3) is 10.9 Å². The van der Waals surface area contributed by atoms with Crippen LogP contribution < -0.4 is 5.32 Å². The van der Waals surface area contributed by atoms with Crippen LogP contribution in [0.1, 0.15) is 27.2 Å². The van der Waals surface area contributed by atoms with Crippen LogP contribution in [-0.4, -0.2) is 27.6 Å². The average molecular weight is 294 g/mol. The zero-order valence-corrected chi connectivity index (χ0v) is 12.7. The molecular weight excluding hydrogens is 276 g/mol. The molecular formula is C17H18N4O. The number of aromatic amines is 1. The normalized spacial score (nSPS) is 10.8. The van der Waals surface area contributed by atoms with Crippen molar-refractivity contribution in [2.24, 2.45) is 0 Å². The Kier molecular flexibility index (Phi) is 3.87. The predicted octanol–water partition coefficient (Wildman–Crippen LogP) is 2.55. The van der Waals surface area contributed by atoms with Crippen LogP contribution >= 0.6 is 0 Å². The molecule has 5 heteroatoms. The highest BCUT2D eigenvalue weighted by Gasteiger charge is 2.12. The molecule has 1 amide bonds. The van der Waals surface area contributed by atoms with Crippen molar-refractivity contribution in [2.45, 2.75) is 20.3 Å². The maximum absolute atomic E-state index is 12.5. The van der Waals surface area contributed by atoms with Gasteiger partial charge in [-0.05, 0) is 44.0 Å². The van der Waals surface area contributed by atoms with Gasteiger partial charge in [0.25, 0.3) is 5.91 Å². The lowest BCUT2D eigenvalue weighted by atomic mass is 10.0. The van der Waals surface area contributed by atoms with Crippen molar-refractivity contribution in [3.63, 3.8) is 0 Å². The number of hydrogen-bond acceptors (Lipinski definition) is 3. The fourth-order valence-corrected chi connectivity index (χ4v) is 2.49. The molecule has 0 radical (unpaired) electrons. The van der Waals surface area contributed by atoms with Gasteiger partial charge in [0.15, 0.2) is 0 Å². The topological polar surface area (TPSA) is 70.7 Å². The van der Waals surface area contributed by atoms with Crippen molar-refractivity contribution >= 4 is 16.8 Å². The molecule has 0 atom stereocenters. The summed E-state index contributed by atoms with van der Waals surface area (Å²) in [5.74, 6) is -0.0652. The first-order valence-corrected chi connectivity index (χ1v) is 7.27. The third-order valence-electron chi connectivity index (χ3n) is 3.59. The van der Waals surface area contributed by atoms with Gasteiger partial charge in [-0.1, -0.05) is 11.6 Å². The molecule has 0 aliphatic heterocycles. The quantitative estimate of drug-likeness (QED) is 0.777. The lowest BCUT2D eigenvalue weighted by Crippen LogP contribution is -2.26. The Labute approximate surface area is 128 Å². The number of carbonyl (C=O) groups is 1. The van der Waals surface area contributed by atoms with Crippen molar-refractivity contribution in [3.05, 3.63) is 59.0 Å². The minimum absolute atomic E-state index is 0.0652. The predicted molar refractivity (Wildman–Crippen MR) is 85.8 cm³/mol. The molecule has 5 nitrogen and oxygen atoms in total. The van der Waals surface area contributed by atoms with Gasteiger partial charge in [0.05, 0.1) is 17.3 Å². The summed E-state index contributed by atoms with van der Waals surface area (Å²) in [5, 5.41) is 10.5. The van der Waals surface area contributed by atoms with E-state index in [1.807, 2.05) is 44.3 Å². The van der Waals surface area contributed by atoms with Gasteiger partial charge in [0, 0.05) is 23.8 Å². The minimum atomic E-state index is -0.0652. The number of amides is 1. The van der Waals surface area contributed by atoms with E-state index in [0.29, 0.717) is 12.1 Å². The first-order chi connectivity index (χ1) is 10.6. The monoisotopic (exact) mass is 294 g/mol. The molecule has 0 spiro atoms. The van der Waals surface area contributed by atoms with E-state index in [9.17, 15) is 4.79 Å². The summed E-state index contributed by atoms with van der Waals surface area (Å²) in [6, 6.07) is 7.82. The summed E-state index contributed by atoms with van der Waals surface area (Å²) in [5.41, 5.74) is 4.57. The van der Waals surface area contributed by atoms with Crippen molar-refractivity contribution in [2.75, 3.05) is 6.54 Å². The molecule has 0 aliphatic rings. The van der Waals surface area contributed by atoms with Crippen LogP contribution in [0.2, 0.25) is 0 Å². The first kappa shape index (κ1) is 14.3. The number of nitrogens with one attached hydrogen (secondary N) is 2. The van der Waals surface area contributed by atoms with Crippen LogP contribution in [-0.2, 0) is 6.42 Å². The molecule has 22 heavy (non-hydrogen) atoms. The second-order valence-corrected chi connectivity index (χ2v) is 5.44. The number of fused-ring (bicyclic) bond motifs is 1. The van der Waals surface area contributed by atoms with Gasteiger partial charge < -0.3 is 5.32 Å². The number of hydrogen-bond donors (Lipinski definition) is 2. The van der Waals surface area contributed by atoms with Crippen molar-refractivity contribution in [1.82, 2.24) is 20.5 Å². The molecule has 0 bridgehead atoms. The number of carbonyl (C=O) groups excluding carboxylic acids is 1. The number of aryl methyl sites for hydroxylation is 2. The maximum atomic E-state index is 12.5. The van der Waals surface area contributed by atoms with Gasteiger partial charge in [-0.25, -0.2) is 0 Å². The van der Waals surface area contributed by atoms with Crippen LogP contribution in [0.3, 0.4) is 0 Å². The highest BCUT2D eigenvalue weighted by molar-refractivity contribution is 6.06. The Balaban J connectivity index is 1.82. The number of rotatable bonds is 4. The van der Waals surface area contributed by atoms with Crippen LogP contribution in [0.4, 0.5) is 0 Å². The van der Waals surface area contributed by atoms with E-state index in [2.05, 4.69) is 20.5 Å². The summed E-state index contributed by atoms with van der Waals surface area (Å²) in [4.78, 5) is 17.0. The Morgan fingerprint density at radius 2 is 2.14 bits per heavy atom. The molecule has 0 unspecified atom stereocenters. The van der Waals surface area contributed by atoms with Crippen molar-refractivity contribution < 1.29 is 4.79 Å². The van der Waals surface area contributed by atoms with E-state index in [4.69, 9.17) is 0 Å². The average Bonchev–Trinajstić information content (AvgIpc) is 3.00. The Morgan fingerprint density at radius 1 is 1.27 bits per heavy atom. The zero-order chi connectivity index (χ0) is 15.5. The maximum Gasteiger partial charge on any atom is 0.252 e. The molecule has 2 heterocycles. The van der Waals surface area contributed by atoms with E-state index in [-0.39, 0.29) is 5.91 Å². The minimum Gasteiger partial charge on any atom is -0.352 e. The van der Waals surface area contributed by atoms with E-state index in [1.165, 1.54) is 0 Å². The number of pyridine rings is 1. The summed E-state index contributed by atoms with van der Waals surface area (Å²) in [6.07, 6.45) is 4.35. The molecule has 2 aromatic heterocycles. The summed E-state index contributed by atoms with van der Waals surface area (Å²) in [7, 11) is 0. The van der Waals surface area contributed by atoms with Gasteiger partial charge in [0.1, 0.15) is 0 Å². The summed E-state index contributed by atoms with van der Waals surface area (Å²) >= 11 is 0.